The van der Waals surface area contributed by atoms with Gasteiger partial charge in [0.1, 0.15) is 0 Å². The molecule has 0 atom stereocenters. The van der Waals surface area contributed by atoms with Crippen LogP contribution in [0, 0.1) is 13.8 Å². The van der Waals surface area contributed by atoms with Gasteiger partial charge in [0.15, 0.2) is 0 Å². The Morgan fingerprint density at radius 3 is 2.34 bits per heavy atom. The Morgan fingerprint density at radius 1 is 0.969 bits per heavy atom. The molecule has 1 aliphatic rings. The highest BCUT2D eigenvalue weighted by Crippen LogP contribution is 2.24. The number of benzene rings is 2. The maximum absolute atomic E-state index is 10.7. The Kier molecular flexibility index (Phi) is 8.68. The number of carboxylic acid groups (broad SMARTS) is 1. The van der Waals surface area contributed by atoms with Gasteiger partial charge in [0.25, 0.3) is 0 Å². The SMILES string of the molecule is Cc1cccc(N2CCN(CCCCc3ccc(C(CCC(=O)O)=NO)cc3)CC2)c1C. The molecule has 6 nitrogen and oxygen atoms in total. The number of carboxylic acids is 1. The van der Waals surface area contributed by atoms with E-state index in [1.54, 1.807) is 0 Å². The van der Waals surface area contributed by atoms with Crippen LogP contribution in [0.4, 0.5) is 5.69 Å². The summed E-state index contributed by atoms with van der Waals surface area (Å²) in [7, 11) is 0. The zero-order valence-corrected chi connectivity index (χ0v) is 19.3. The molecule has 0 aromatic heterocycles. The quantitative estimate of drug-likeness (QED) is 0.248. The van der Waals surface area contributed by atoms with Gasteiger partial charge in [-0.05, 0) is 68.0 Å². The second kappa shape index (κ2) is 11.7. The van der Waals surface area contributed by atoms with Crippen molar-refractivity contribution in [2.24, 2.45) is 5.16 Å². The van der Waals surface area contributed by atoms with Crippen molar-refractivity contribution in [3.63, 3.8) is 0 Å². The first kappa shape index (κ1) is 23.8. The van der Waals surface area contributed by atoms with Gasteiger partial charge in [-0.25, -0.2) is 0 Å². The van der Waals surface area contributed by atoms with Gasteiger partial charge in [-0.15, -0.1) is 0 Å². The minimum Gasteiger partial charge on any atom is -0.481 e. The van der Waals surface area contributed by atoms with E-state index < -0.39 is 5.97 Å². The van der Waals surface area contributed by atoms with Crippen LogP contribution in [-0.4, -0.2) is 59.6 Å². The Morgan fingerprint density at radius 2 is 1.69 bits per heavy atom. The zero-order valence-electron chi connectivity index (χ0n) is 19.3. The van der Waals surface area contributed by atoms with Crippen LogP contribution in [0.5, 0.6) is 0 Å². The number of hydrogen-bond acceptors (Lipinski definition) is 5. The summed E-state index contributed by atoms with van der Waals surface area (Å²) in [5.41, 5.74) is 6.58. The number of nitrogens with zero attached hydrogens (tertiary/aromatic N) is 3. The smallest absolute Gasteiger partial charge is 0.303 e. The molecular formula is C26H35N3O3. The predicted molar refractivity (Wildman–Crippen MR) is 129 cm³/mol. The molecule has 1 fully saturated rings. The first-order valence-corrected chi connectivity index (χ1v) is 11.5. The zero-order chi connectivity index (χ0) is 22.9. The van der Waals surface area contributed by atoms with Crippen molar-refractivity contribution in [1.82, 2.24) is 4.90 Å². The van der Waals surface area contributed by atoms with E-state index in [9.17, 15) is 4.79 Å². The van der Waals surface area contributed by atoms with E-state index in [-0.39, 0.29) is 12.8 Å². The van der Waals surface area contributed by atoms with Crippen LogP contribution in [0.3, 0.4) is 0 Å². The van der Waals surface area contributed by atoms with Crippen LogP contribution >= 0.6 is 0 Å². The minimum absolute atomic E-state index is 0.0417. The number of carbonyl (C=O) groups is 1. The molecule has 172 valence electrons. The van der Waals surface area contributed by atoms with Crippen LogP contribution < -0.4 is 4.90 Å². The summed E-state index contributed by atoms with van der Waals surface area (Å²) in [5.74, 6) is -0.894. The Balaban J connectivity index is 1.38. The van der Waals surface area contributed by atoms with Crippen molar-refractivity contribution < 1.29 is 15.1 Å². The van der Waals surface area contributed by atoms with E-state index >= 15 is 0 Å². The molecule has 0 unspecified atom stereocenters. The third kappa shape index (κ3) is 6.57. The first-order valence-electron chi connectivity index (χ1n) is 11.5. The highest BCUT2D eigenvalue weighted by molar-refractivity contribution is 6.01. The molecule has 32 heavy (non-hydrogen) atoms. The van der Waals surface area contributed by atoms with Gasteiger partial charge in [-0.1, -0.05) is 41.6 Å². The fourth-order valence-electron chi connectivity index (χ4n) is 4.30. The van der Waals surface area contributed by atoms with Crippen LogP contribution in [0.2, 0.25) is 0 Å². The molecule has 2 aromatic carbocycles. The third-order valence-electron chi connectivity index (χ3n) is 6.46. The summed E-state index contributed by atoms with van der Waals surface area (Å²) in [6.07, 6.45) is 3.51. The van der Waals surface area contributed by atoms with E-state index in [2.05, 4.69) is 47.0 Å². The second-order valence-electron chi connectivity index (χ2n) is 8.64. The van der Waals surface area contributed by atoms with E-state index in [4.69, 9.17) is 10.3 Å². The standard InChI is InChI=1S/C26H35N3O3/c1-20-6-5-8-25(21(20)2)29-18-16-28(17-19-29)15-4-3-7-22-9-11-23(12-10-22)24(27-32)13-14-26(30)31/h5-6,8-12,32H,3-4,7,13-19H2,1-2H3,(H,30,31). The maximum atomic E-state index is 10.7. The molecule has 6 heteroatoms. The third-order valence-corrected chi connectivity index (χ3v) is 6.46. The summed E-state index contributed by atoms with van der Waals surface area (Å²) in [6, 6.07) is 14.5. The molecule has 1 heterocycles. The molecule has 0 aliphatic carbocycles. The van der Waals surface area contributed by atoms with Gasteiger partial charge in [0, 0.05) is 38.3 Å². The molecular weight excluding hydrogens is 402 g/mol. The number of hydrogen-bond donors (Lipinski definition) is 2. The van der Waals surface area contributed by atoms with Gasteiger partial charge >= 0.3 is 5.97 Å². The fourth-order valence-corrected chi connectivity index (χ4v) is 4.30. The highest BCUT2D eigenvalue weighted by atomic mass is 16.4. The van der Waals surface area contributed by atoms with Crippen molar-refractivity contribution in [1.29, 1.82) is 0 Å². The predicted octanol–water partition coefficient (Wildman–Crippen LogP) is 4.49. The van der Waals surface area contributed by atoms with Crippen LogP contribution in [0.1, 0.15) is 47.9 Å². The number of unbranched alkanes of at least 4 members (excludes halogenated alkanes) is 1. The fraction of sp³-hybridized carbons (Fsp3) is 0.462. The molecule has 1 aliphatic heterocycles. The summed E-state index contributed by atoms with van der Waals surface area (Å²) < 4.78 is 0. The van der Waals surface area contributed by atoms with Gasteiger partial charge < -0.3 is 15.2 Å². The average Bonchev–Trinajstić information content (AvgIpc) is 2.80. The van der Waals surface area contributed by atoms with Crippen LogP contribution in [-0.2, 0) is 11.2 Å². The van der Waals surface area contributed by atoms with E-state index in [0.717, 1.165) is 51.1 Å². The molecule has 2 N–H and O–H groups in total. The number of aliphatic carboxylic acids is 1. The molecule has 2 aromatic rings. The Bertz CT molecular complexity index is 916. The summed E-state index contributed by atoms with van der Waals surface area (Å²) in [4.78, 5) is 15.8. The summed E-state index contributed by atoms with van der Waals surface area (Å²) in [6.45, 7) is 9.93. The topological polar surface area (TPSA) is 76.4 Å². The summed E-state index contributed by atoms with van der Waals surface area (Å²) >= 11 is 0. The average molecular weight is 438 g/mol. The number of aryl methyl sites for hydroxylation is 2. The number of anilines is 1. The van der Waals surface area contributed by atoms with Crippen molar-refractivity contribution in [2.45, 2.75) is 46.0 Å². The number of rotatable bonds is 10. The molecule has 0 saturated carbocycles. The van der Waals surface area contributed by atoms with Gasteiger partial charge in [0.2, 0.25) is 0 Å². The normalized spacial score (nSPS) is 15.2. The monoisotopic (exact) mass is 437 g/mol. The molecule has 0 spiro atoms. The lowest BCUT2D eigenvalue weighted by molar-refractivity contribution is -0.136. The number of piperazine rings is 1. The van der Waals surface area contributed by atoms with Gasteiger partial charge in [-0.2, -0.15) is 0 Å². The van der Waals surface area contributed by atoms with Crippen molar-refractivity contribution in [2.75, 3.05) is 37.6 Å². The van der Waals surface area contributed by atoms with Crippen molar-refractivity contribution >= 4 is 17.4 Å². The lowest BCUT2D eigenvalue weighted by Gasteiger charge is -2.37. The van der Waals surface area contributed by atoms with E-state index in [1.165, 1.54) is 28.8 Å². The molecule has 3 rings (SSSR count). The first-order chi connectivity index (χ1) is 15.5. The molecule has 0 bridgehead atoms. The lowest BCUT2D eigenvalue weighted by atomic mass is 10.0. The minimum atomic E-state index is -0.894. The maximum Gasteiger partial charge on any atom is 0.303 e. The van der Waals surface area contributed by atoms with Crippen LogP contribution in [0.25, 0.3) is 0 Å². The Labute approximate surface area is 191 Å². The van der Waals surface area contributed by atoms with Crippen molar-refractivity contribution in [3.8, 4) is 0 Å². The van der Waals surface area contributed by atoms with Gasteiger partial charge in [0.05, 0.1) is 12.1 Å². The molecule has 0 radical (unpaired) electrons. The summed E-state index contributed by atoms with van der Waals surface area (Å²) in [5, 5.41) is 21.2. The van der Waals surface area contributed by atoms with Crippen molar-refractivity contribution in [3.05, 3.63) is 64.7 Å². The van der Waals surface area contributed by atoms with Crippen LogP contribution in [0.15, 0.2) is 47.6 Å². The van der Waals surface area contributed by atoms with E-state index in [1.807, 2.05) is 24.3 Å². The molecule has 1 saturated heterocycles. The molecule has 0 amide bonds. The number of oxime groups is 1. The highest BCUT2D eigenvalue weighted by Gasteiger charge is 2.18. The van der Waals surface area contributed by atoms with E-state index in [0.29, 0.717) is 5.71 Å². The second-order valence-corrected chi connectivity index (χ2v) is 8.64. The largest absolute Gasteiger partial charge is 0.481 e. The lowest BCUT2D eigenvalue weighted by Crippen LogP contribution is -2.46. The van der Waals surface area contributed by atoms with Gasteiger partial charge in [-0.3, -0.25) is 9.69 Å². The Hall–Kier alpha value is -2.86.